The zero-order chi connectivity index (χ0) is 13.7. The highest BCUT2D eigenvalue weighted by molar-refractivity contribution is 6.36. The van der Waals surface area contributed by atoms with Crippen molar-refractivity contribution in [3.05, 3.63) is 16.1 Å². The molecule has 0 radical (unpaired) electrons. The summed E-state index contributed by atoms with van der Waals surface area (Å²) in [4.78, 5) is 4.39. The zero-order valence-corrected chi connectivity index (χ0v) is 12.7. The number of nitrogens with one attached hydrogen (secondary N) is 1. The van der Waals surface area contributed by atoms with Gasteiger partial charge in [0.15, 0.2) is 0 Å². The number of hydrogen-bond acceptors (Lipinski definition) is 3. The van der Waals surface area contributed by atoms with Crippen molar-refractivity contribution in [1.29, 1.82) is 0 Å². The average molecular weight is 303 g/mol. The lowest BCUT2D eigenvalue weighted by Gasteiger charge is -2.18. The molecule has 0 atom stereocenters. The predicted molar refractivity (Wildman–Crippen MR) is 80.5 cm³/mol. The second-order valence-corrected chi connectivity index (χ2v) is 5.68. The van der Waals surface area contributed by atoms with Crippen molar-refractivity contribution in [3.63, 3.8) is 0 Å². The van der Waals surface area contributed by atoms with Crippen molar-refractivity contribution < 1.29 is 4.74 Å². The Labute approximate surface area is 124 Å². The maximum atomic E-state index is 6.16. The molecule has 0 saturated heterocycles. The van der Waals surface area contributed by atoms with E-state index in [1.165, 1.54) is 25.7 Å². The summed E-state index contributed by atoms with van der Waals surface area (Å²) < 4.78 is 5.97. The SMILES string of the molecule is CCNc1nc(OC2CCCCCC2)c(Cl)cc1Cl. The molecular formula is C14H20Cl2N2O. The first-order valence-electron chi connectivity index (χ1n) is 6.97. The van der Waals surface area contributed by atoms with Gasteiger partial charge < -0.3 is 10.1 Å². The van der Waals surface area contributed by atoms with Crippen LogP contribution in [-0.2, 0) is 0 Å². The number of aromatic nitrogens is 1. The largest absolute Gasteiger partial charge is 0.473 e. The topological polar surface area (TPSA) is 34.2 Å². The number of anilines is 1. The lowest BCUT2D eigenvalue weighted by Crippen LogP contribution is -2.16. The zero-order valence-electron chi connectivity index (χ0n) is 11.2. The molecule has 3 nitrogen and oxygen atoms in total. The first kappa shape index (κ1) is 14.7. The van der Waals surface area contributed by atoms with E-state index >= 15 is 0 Å². The van der Waals surface area contributed by atoms with Crippen molar-refractivity contribution in [3.8, 4) is 5.88 Å². The highest BCUT2D eigenvalue weighted by Gasteiger charge is 2.17. The molecule has 5 heteroatoms. The van der Waals surface area contributed by atoms with Gasteiger partial charge in [-0.05, 0) is 38.7 Å². The van der Waals surface area contributed by atoms with E-state index in [1.807, 2.05) is 6.92 Å². The van der Waals surface area contributed by atoms with E-state index in [0.29, 0.717) is 21.7 Å². The molecule has 1 aromatic heterocycles. The molecule has 0 amide bonds. The molecule has 1 N–H and O–H groups in total. The van der Waals surface area contributed by atoms with Crippen LogP contribution in [0.1, 0.15) is 45.4 Å². The Morgan fingerprint density at radius 2 is 1.89 bits per heavy atom. The third-order valence-electron chi connectivity index (χ3n) is 3.32. The van der Waals surface area contributed by atoms with Gasteiger partial charge in [-0.25, -0.2) is 0 Å². The second-order valence-electron chi connectivity index (χ2n) is 4.87. The number of hydrogen-bond donors (Lipinski definition) is 1. The van der Waals surface area contributed by atoms with Gasteiger partial charge in [0.1, 0.15) is 16.9 Å². The Hall–Kier alpha value is -0.670. The van der Waals surface area contributed by atoms with Crippen molar-refractivity contribution in [1.82, 2.24) is 4.98 Å². The summed E-state index contributed by atoms with van der Waals surface area (Å²) >= 11 is 12.2. The van der Waals surface area contributed by atoms with Crippen LogP contribution >= 0.6 is 23.2 Å². The number of nitrogens with zero attached hydrogens (tertiary/aromatic N) is 1. The van der Waals surface area contributed by atoms with Crippen molar-refractivity contribution >= 4 is 29.0 Å². The van der Waals surface area contributed by atoms with Crippen LogP contribution in [0, 0.1) is 0 Å². The lowest BCUT2D eigenvalue weighted by molar-refractivity contribution is 0.176. The molecule has 1 aliphatic carbocycles. The molecule has 2 rings (SSSR count). The molecule has 0 aromatic carbocycles. The summed E-state index contributed by atoms with van der Waals surface area (Å²) in [5, 5.41) is 4.12. The van der Waals surface area contributed by atoms with Gasteiger partial charge in [0.25, 0.3) is 0 Å². The molecule has 0 spiro atoms. The van der Waals surface area contributed by atoms with E-state index in [0.717, 1.165) is 19.4 Å². The highest BCUT2D eigenvalue weighted by Crippen LogP contribution is 2.32. The molecule has 1 saturated carbocycles. The number of rotatable bonds is 4. The minimum atomic E-state index is 0.225. The molecular weight excluding hydrogens is 283 g/mol. The van der Waals surface area contributed by atoms with Crippen LogP contribution in [-0.4, -0.2) is 17.6 Å². The Morgan fingerprint density at radius 3 is 2.53 bits per heavy atom. The van der Waals surface area contributed by atoms with Gasteiger partial charge in [-0.1, -0.05) is 36.0 Å². The van der Waals surface area contributed by atoms with Crippen LogP contribution in [0.25, 0.3) is 0 Å². The average Bonchev–Trinajstić information content (AvgIpc) is 2.64. The summed E-state index contributed by atoms with van der Waals surface area (Å²) in [6.07, 6.45) is 7.41. The van der Waals surface area contributed by atoms with E-state index in [9.17, 15) is 0 Å². The van der Waals surface area contributed by atoms with Crippen molar-refractivity contribution in [2.45, 2.75) is 51.6 Å². The predicted octanol–water partition coefficient (Wildman–Crippen LogP) is 4.92. The molecule has 106 valence electrons. The first-order valence-corrected chi connectivity index (χ1v) is 7.73. The third kappa shape index (κ3) is 4.15. The fourth-order valence-electron chi connectivity index (χ4n) is 2.34. The van der Waals surface area contributed by atoms with E-state index in [4.69, 9.17) is 27.9 Å². The highest BCUT2D eigenvalue weighted by atomic mass is 35.5. The number of ether oxygens (including phenoxy) is 1. The van der Waals surface area contributed by atoms with Gasteiger partial charge in [-0.15, -0.1) is 0 Å². The minimum Gasteiger partial charge on any atom is -0.473 e. The van der Waals surface area contributed by atoms with Crippen LogP contribution in [0.15, 0.2) is 6.07 Å². The van der Waals surface area contributed by atoms with E-state index in [-0.39, 0.29) is 6.10 Å². The smallest absolute Gasteiger partial charge is 0.234 e. The number of pyridine rings is 1. The Kier molecular flexibility index (Phi) is 5.59. The summed E-state index contributed by atoms with van der Waals surface area (Å²) in [7, 11) is 0. The summed E-state index contributed by atoms with van der Waals surface area (Å²) in [6.45, 7) is 2.76. The van der Waals surface area contributed by atoms with Crippen LogP contribution in [0.5, 0.6) is 5.88 Å². The Bertz CT molecular complexity index is 418. The summed E-state index contributed by atoms with van der Waals surface area (Å²) in [5.41, 5.74) is 0. The standard InChI is InChI=1S/C14H20Cl2N2O/c1-2-17-13-11(15)9-12(16)14(18-13)19-10-7-5-3-4-6-8-10/h9-10H,2-8H2,1H3,(H,17,18). The molecule has 0 unspecified atom stereocenters. The first-order chi connectivity index (χ1) is 9.20. The molecule has 1 aliphatic rings. The normalized spacial score (nSPS) is 17.0. The number of halogens is 2. The second kappa shape index (κ2) is 7.20. The van der Waals surface area contributed by atoms with E-state index in [2.05, 4.69) is 10.3 Å². The van der Waals surface area contributed by atoms with Crippen molar-refractivity contribution in [2.75, 3.05) is 11.9 Å². The summed E-state index contributed by atoms with van der Waals surface area (Å²) in [6, 6.07) is 1.69. The molecule has 0 bridgehead atoms. The maximum Gasteiger partial charge on any atom is 0.234 e. The summed E-state index contributed by atoms with van der Waals surface area (Å²) in [5.74, 6) is 1.13. The Balaban J connectivity index is 2.11. The minimum absolute atomic E-state index is 0.225. The fraction of sp³-hybridized carbons (Fsp3) is 0.643. The fourth-order valence-corrected chi connectivity index (χ4v) is 2.81. The quantitative estimate of drug-likeness (QED) is 0.801. The van der Waals surface area contributed by atoms with Crippen LogP contribution in [0.3, 0.4) is 0 Å². The van der Waals surface area contributed by atoms with Gasteiger partial charge in [0.2, 0.25) is 5.88 Å². The van der Waals surface area contributed by atoms with Crippen LogP contribution in [0.4, 0.5) is 5.82 Å². The molecule has 0 aliphatic heterocycles. The molecule has 19 heavy (non-hydrogen) atoms. The van der Waals surface area contributed by atoms with Gasteiger partial charge in [-0.3, -0.25) is 0 Å². The van der Waals surface area contributed by atoms with Gasteiger partial charge in [-0.2, -0.15) is 4.98 Å². The van der Waals surface area contributed by atoms with Gasteiger partial charge in [0.05, 0.1) is 5.02 Å². The third-order valence-corrected chi connectivity index (χ3v) is 3.88. The van der Waals surface area contributed by atoms with E-state index in [1.54, 1.807) is 6.07 Å². The monoisotopic (exact) mass is 302 g/mol. The van der Waals surface area contributed by atoms with Crippen molar-refractivity contribution in [2.24, 2.45) is 0 Å². The molecule has 1 fully saturated rings. The van der Waals surface area contributed by atoms with Crippen LogP contribution < -0.4 is 10.1 Å². The van der Waals surface area contributed by atoms with Gasteiger partial charge >= 0.3 is 0 Å². The molecule has 1 aromatic rings. The molecule has 1 heterocycles. The lowest BCUT2D eigenvalue weighted by atomic mass is 10.1. The van der Waals surface area contributed by atoms with E-state index < -0.39 is 0 Å². The Morgan fingerprint density at radius 1 is 1.21 bits per heavy atom. The van der Waals surface area contributed by atoms with Crippen LogP contribution in [0.2, 0.25) is 10.0 Å². The maximum absolute atomic E-state index is 6.16. The van der Waals surface area contributed by atoms with Gasteiger partial charge in [0, 0.05) is 6.54 Å².